The molecule has 16 heavy (non-hydrogen) atoms. The summed E-state index contributed by atoms with van der Waals surface area (Å²) < 4.78 is 5.45. The maximum Gasteiger partial charge on any atom is 0.221 e. The molecule has 0 fully saturated rings. The molecule has 1 aromatic carbocycles. The zero-order valence-corrected chi connectivity index (χ0v) is 10.7. The number of carbonyl (C=O) groups is 1. The van der Waals surface area contributed by atoms with E-state index in [1.165, 1.54) is 6.92 Å². The monoisotopic (exact) mass is 283 g/mol. The number of nitrogens with one attached hydrogen (secondary N) is 1. The molecule has 0 aromatic heterocycles. The van der Waals surface area contributed by atoms with E-state index >= 15 is 0 Å². The molecule has 0 saturated carbocycles. The van der Waals surface area contributed by atoms with Crippen molar-refractivity contribution in [1.82, 2.24) is 0 Å². The number of hydrogen-bond acceptors (Lipinski definition) is 2. The molecule has 0 saturated heterocycles. The van der Waals surface area contributed by atoms with Crippen molar-refractivity contribution < 1.29 is 9.53 Å². The molecule has 4 heteroatoms. The zero-order chi connectivity index (χ0) is 11.8. The molecule has 0 spiro atoms. The smallest absolute Gasteiger partial charge is 0.221 e. The molecular weight excluding hydrogens is 270 g/mol. The lowest BCUT2D eigenvalue weighted by Crippen LogP contribution is -2.05. The van der Waals surface area contributed by atoms with E-state index < -0.39 is 0 Å². The van der Waals surface area contributed by atoms with Crippen LogP contribution >= 0.6 is 15.9 Å². The van der Waals surface area contributed by atoms with Crippen LogP contribution in [0.4, 0.5) is 5.69 Å². The van der Waals surface area contributed by atoms with Crippen LogP contribution in [-0.2, 0) is 4.79 Å². The summed E-state index contributed by atoms with van der Waals surface area (Å²) in [7, 11) is 0. The molecule has 0 bridgehead atoms. The lowest BCUT2D eigenvalue weighted by molar-refractivity contribution is -0.114. The van der Waals surface area contributed by atoms with E-state index in [-0.39, 0.29) is 5.91 Å². The second-order valence-electron chi connectivity index (χ2n) is 3.14. The van der Waals surface area contributed by atoms with Crippen molar-refractivity contribution in [2.45, 2.75) is 6.92 Å². The summed E-state index contributed by atoms with van der Waals surface area (Å²) in [6.07, 6.45) is 3.92. The molecular formula is C12H14BrNO2. The quantitative estimate of drug-likeness (QED) is 0.667. The van der Waals surface area contributed by atoms with Crippen molar-refractivity contribution in [3.8, 4) is 5.75 Å². The standard InChI is InChI=1S/C12H14BrNO2/c1-10(15)14-11-4-6-12(7-5-11)16-9-3-2-8-13/h2-7H,8-9H2,1H3,(H,14,15)/b3-2+. The van der Waals surface area contributed by atoms with Gasteiger partial charge in [0.1, 0.15) is 12.4 Å². The van der Waals surface area contributed by atoms with E-state index in [0.29, 0.717) is 6.61 Å². The van der Waals surface area contributed by atoms with Gasteiger partial charge in [0.15, 0.2) is 0 Å². The van der Waals surface area contributed by atoms with Crippen LogP contribution in [0.5, 0.6) is 5.75 Å². The predicted molar refractivity (Wildman–Crippen MR) is 69.2 cm³/mol. The third kappa shape index (κ3) is 4.98. The van der Waals surface area contributed by atoms with Gasteiger partial charge in [0.05, 0.1) is 0 Å². The van der Waals surface area contributed by atoms with Crippen molar-refractivity contribution in [3.05, 3.63) is 36.4 Å². The summed E-state index contributed by atoms with van der Waals surface area (Å²) in [4.78, 5) is 10.8. The van der Waals surface area contributed by atoms with Gasteiger partial charge < -0.3 is 10.1 Å². The minimum atomic E-state index is -0.0751. The van der Waals surface area contributed by atoms with Crippen LogP contribution in [0.1, 0.15) is 6.92 Å². The zero-order valence-electron chi connectivity index (χ0n) is 9.07. The molecule has 1 rings (SSSR count). The summed E-state index contributed by atoms with van der Waals surface area (Å²) in [5, 5.41) is 3.52. The maximum absolute atomic E-state index is 10.8. The van der Waals surface area contributed by atoms with Gasteiger partial charge in [-0.1, -0.05) is 28.1 Å². The number of amides is 1. The molecule has 0 aliphatic heterocycles. The minimum Gasteiger partial charge on any atom is -0.490 e. The highest BCUT2D eigenvalue weighted by Crippen LogP contribution is 2.15. The molecule has 86 valence electrons. The van der Waals surface area contributed by atoms with Gasteiger partial charge in [-0.25, -0.2) is 0 Å². The SMILES string of the molecule is CC(=O)Nc1ccc(OC/C=C/CBr)cc1. The Hall–Kier alpha value is -1.29. The number of hydrogen-bond donors (Lipinski definition) is 1. The number of allylic oxidation sites excluding steroid dienone is 1. The first-order chi connectivity index (χ1) is 7.72. The van der Waals surface area contributed by atoms with Crippen molar-refractivity contribution in [3.63, 3.8) is 0 Å². The Morgan fingerprint density at radius 1 is 1.38 bits per heavy atom. The van der Waals surface area contributed by atoms with Crippen LogP contribution in [-0.4, -0.2) is 17.8 Å². The minimum absolute atomic E-state index is 0.0751. The number of anilines is 1. The summed E-state index contributed by atoms with van der Waals surface area (Å²) in [6, 6.07) is 7.27. The third-order valence-corrected chi connectivity index (χ3v) is 2.15. The van der Waals surface area contributed by atoms with Gasteiger partial charge in [0.25, 0.3) is 0 Å². The molecule has 3 nitrogen and oxygen atoms in total. The van der Waals surface area contributed by atoms with Crippen molar-refractivity contribution in [2.24, 2.45) is 0 Å². The lowest BCUT2D eigenvalue weighted by Gasteiger charge is -2.05. The van der Waals surface area contributed by atoms with E-state index in [9.17, 15) is 4.79 Å². The van der Waals surface area contributed by atoms with Gasteiger partial charge in [-0.3, -0.25) is 4.79 Å². The summed E-state index contributed by atoms with van der Waals surface area (Å²) in [6.45, 7) is 2.03. The summed E-state index contributed by atoms with van der Waals surface area (Å²) in [5.74, 6) is 0.710. The topological polar surface area (TPSA) is 38.3 Å². The molecule has 0 aliphatic rings. The van der Waals surface area contributed by atoms with E-state index in [2.05, 4.69) is 21.2 Å². The second-order valence-corrected chi connectivity index (χ2v) is 3.79. The first-order valence-corrected chi connectivity index (χ1v) is 6.06. The average Bonchev–Trinajstić information content (AvgIpc) is 2.26. The van der Waals surface area contributed by atoms with Gasteiger partial charge in [0, 0.05) is 17.9 Å². The molecule has 0 unspecified atom stereocenters. The molecule has 0 radical (unpaired) electrons. The van der Waals surface area contributed by atoms with E-state index in [1.54, 1.807) is 0 Å². The third-order valence-electron chi connectivity index (χ3n) is 1.78. The molecule has 1 amide bonds. The Labute approximate surface area is 104 Å². The highest BCUT2D eigenvalue weighted by molar-refractivity contribution is 9.09. The highest BCUT2D eigenvalue weighted by Gasteiger charge is 1.95. The number of carbonyl (C=O) groups excluding carboxylic acids is 1. The maximum atomic E-state index is 10.8. The second kappa shape index (κ2) is 7.06. The van der Waals surface area contributed by atoms with Gasteiger partial charge in [-0.05, 0) is 24.3 Å². The molecule has 0 heterocycles. The average molecular weight is 284 g/mol. The Kier molecular flexibility index (Phi) is 5.64. The van der Waals surface area contributed by atoms with Crippen molar-refractivity contribution in [2.75, 3.05) is 17.3 Å². The van der Waals surface area contributed by atoms with Gasteiger partial charge in [-0.15, -0.1) is 0 Å². The fourth-order valence-electron chi connectivity index (χ4n) is 1.11. The number of alkyl halides is 1. The fraction of sp³-hybridized carbons (Fsp3) is 0.250. The van der Waals surface area contributed by atoms with Crippen LogP contribution in [0.25, 0.3) is 0 Å². The number of halogens is 1. The van der Waals surface area contributed by atoms with E-state index in [1.807, 2.05) is 36.4 Å². The summed E-state index contributed by atoms with van der Waals surface area (Å²) >= 11 is 3.29. The Bertz CT molecular complexity index is 360. The van der Waals surface area contributed by atoms with Gasteiger partial charge >= 0.3 is 0 Å². The Balaban J connectivity index is 2.45. The fourth-order valence-corrected chi connectivity index (χ4v) is 1.38. The Morgan fingerprint density at radius 2 is 2.06 bits per heavy atom. The van der Waals surface area contributed by atoms with Crippen LogP contribution in [0.2, 0.25) is 0 Å². The lowest BCUT2D eigenvalue weighted by atomic mass is 10.3. The van der Waals surface area contributed by atoms with Crippen LogP contribution < -0.4 is 10.1 Å². The van der Waals surface area contributed by atoms with Gasteiger partial charge in [0.2, 0.25) is 5.91 Å². The number of benzene rings is 1. The first-order valence-electron chi connectivity index (χ1n) is 4.94. The van der Waals surface area contributed by atoms with Crippen LogP contribution in [0.15, 0.2) is 36.4 Å². The molecule has 1 aromatic rings. The van der Waals surface area contributed by atoms with Crippen molar-refractivity contribution in [1.29, 1.82) is 0 Å². The van der Waals surface area contributed by atoms with E-state index in [0.717, 1.165) is 16.8 Å². The Morgan fingerprint density at radius 3 is 2.62 bits per heavy atom. The number of ether oxygens (including phenoxy) is 1. The van der Waals surface area contributed by atoms with Gasteiger partial charge in [-0.2, -0.15) is 0 Å². The largest absolute Gasteiger partial charge is 0.490 e. The molecule has 1 N–H and O–H groups in total. The van der Waals surface area contributed by atoms with Crippen LogP contribution in [0.3, 0.4) is 0 Å². The van der Waals surface area contributed by atoms with Crippen molar-refractivity contribution >= 4 is 27.5 Å². The molecule has 0 atom stereocenters. The van der Waals surface area contributed by atoms with E-state index in [4.69, 9.17) is 4.74 Å². The first kappa shape index (κ1) is 12.8. The summed E-state index contributed by atoms with van der Waals surface area (Å²) in [5.41, 5.74) is 0.774. The molecule has 0 aliphatic carbocycles. The van der Waals surface area contributed by atoms with Crippen LogP contribution in [0, 0.1) is 0 Å². The normalized spacial score (nSPS) is 10.4. The number of rotatable bonds is 5. The highest BCUT2D eigenvalue weighted by atomic mass is 79.9. The predicted octanol–water partition coefficient (Wildman–Crippen LogP) is 2.97.